The second kappa shape index (κ2) is 8.00. The molecule has 1 N–H and O–H groups in total. The standard InChI is InChI=1S/C21H22N4O3S/c1-13-8-10-16(11-9-13)24-14(2)18(20(26)23(3)4)19(22-21(24)29)15-6-5-7-17(12-15)25(27)28/h5-12,19H,1-4H3,(H,22,29)/t19-/m0/s1. The highest BCUT2D eigenvalue weighted by molar-refractivity contribution is 7.80. The Morgan fingerprint density at radius 1 is 1.17 bits per heavy atom. The van der Waals surface area contributed by atoms with Gasteiger partial charge in [-0.3, -0.25) is 19.8 Å². The number of likely N-dealkylation sites (N-methyl/N-ethyl adjacent to an activating group) is 1. The molecule has 1 heterocycles. The summed E-state index contributed by atoms with van der Waals surface area (Å²) in [7, 11) is 3.35. The molecule has 1 aliphatic heterocycles. The molecule has 0 radical (unpaired) electrons. The average Bonchev–Trinajstić information content (AvgIpc) is 2.68. The van der Waals surface area contributed by atoms with Crippen molar-refractivity contribution in [1.29, 1.82) is 0 Å². The van der Waals surface area contributed by atoms with E-state index in [0.29, 0.717) is 21.9 Å². The minimum atomic E-state index is -0.584. The summed E-state index contributed by atoms with van der Waals surface area (Å²) >= 11 is 5.61. The molecule has 1 amide bonds. The number of amides is 1. The fraction of sp³-hybridized carbons (Fsp3) is 0.238. The van der Waals surface area contributed by atoms with E-state index in [1.807, 2.05) is 43.0 Å². The molecule has 8 heteroatoms. The number of nitrogens with one attached hydrogen (secondary N) is 1. The zero-order chi connectivity index (χ0) is 21.3. The van der Waals surface area contributed by atoms with Crippen LogP contribution in [0.5, 0.6) is 0 Å². The van der Waals surface area contributed by atoms with Crippen molar-refractivity contribution < 1.29 is 9.72 Å². The topological polar surface area (TPSA) is 78.7 Å². The fourth-order valence-electron chi connectivity index (χ4n) is 3.33. The van der Waals surface area contributed by atoms with Crippen LogP contribution in [0.1, 0.15) is 24.1 Å². The van der Waals surface area contributed by atoms with Gasteiger partial charge in [-0.05, 0) is 43.8 Å². The van der Waals surface area contributed by atoms with E-state index >= 15 is 0 Å². The third-order valence-electron chi connectivity index (χ3n) is 4.83. The lowest BCUT2D eigenvalue weighted by Gasteiger charge is -2.38. The van der Waals surface area contributed by atoms with E-state index in [0.717, 1.165) is 11.3 Å². The SMILES string of the molecule is CC1=C(C(=O)N(C)C)[C@H](c2cccc([N+](=O)[O-])c2)NC(=S)N1c1ccc(C)cc1. The Morgan fingerprint density at radius 2 is 1.83 bits per heavy atom. The average molecular weight is 410 g/mol. The van der Waals surface area contributed by atoms with Crippen molar-refractivity contribution in [3.63, 3.8) is 0 Å². The first kappa shape index (κ1) is 20.5. The number of carbonyl (C=O) groups excluding carboxylic acids is 1. The lowest BCUT2D eigenvalue weighted by Crippen LogP contribution is -2.49. The molecular formula is C21H22N4O3S. The van der Waals surface area contributed by atoms with Gasteiger partial charge >= 0.3 is 0 Å². The fourth-order valence-corrected chi connectivity index (χ4v) is 3.69. The van der Waals surface area contributed by atoms with Crippen LogP contribution in [-0.4, -0.2) is 34.9 Å². The van der Waals surface area contributed by atoms with Gasteiger partial charge in [0.15, 0.2) is 5.11 Å². The molecule has 3 rings (SSSR count). The van der Waals surface area contributed by atoms with Gasteiger partial charge in [0, 0.05) is 37.6 Å². The molecule has 0 spiro atoms. The summed E-state index contributed by atoms with van der Waals surface area (Å²) in [5, 5.41) is 14.9. The summed E-state index contributed by atoms with van der Waals surface area (Å²) in [6.07, 6.45) is 0. The number of thiocarbonyl (C=S) groups is 1. The largest absolute Gasteiger partial charge is 0.351 e. The Morgan fingerprint density at radius 3 is 2.41 bits per heavy atom. The number of carbonyl (C=O) groups is 1. The number of hydrogen-bond acceptors (Lipinski definition) is 4. The van der Waals surface area contributed by atoms with Gasteiger partial charge in [0.05, 0.1) is 16.5 Å². The van der Waals surface area contributed by atoms with Crippen LogP contribution in [0.15, 0.2) is 59.8 Å². The van der Waals surface area contributed by atoms with Gasteiger partial charge in [-0.15, -0.1) is 0 Å². The van der Waals surface area contributed by atoms with E-state index in [2.05, 4.69) is 5.32 Å². The molecular weight excluding hydrogens is 388 g/mol. The van der Waals surface area contributed by atoms with Crippen molar-refractivity contribution >= 4 is 34.6 Å². The van der Waals surface area contributed by atoms with E-state index in [9.17, 15) is 14.9 Å². The van der Waals surface area contributed by atoms with Crippen molar-refractivity contribution in [2.24, 2.45) is 0 Å². The van der Waals surface area contributed by atoms with Gasteiger partial charge in [0.1, 0.15) is 0 Å². The number of benzene rings is 2. The first-order valence-electron chi connectivity index (χ1n) is 9.04. The van der Waals surface area contributed by atoms with Crippen molar-refractivity contribution in [2.45, 2.75) is 19.9 Å². The molecule has 2 aromatic rings. The van der Waals surface area contributed by atoms with E-state index < -0.39 is 11.0 Å². The molecule has 0 aliphatic carbocycles. The smallest absolute Gasteiger partial charge is 0.269 e. The summed E-state index contributed by atoms with van der Waals surface area (Å²) in [4.78, 5) is 27.1. The highest BCUT2D eigenvalue weighted by Gasteiger charge is 2.35. The van der Waals surface area contributed by atoms with Gasteiger partial charge in [0.2, 0.25) is 0 Å². The Balaban J connectivity index is 2.16. The van der Waals surface area contributed by atoms with Gasteiger partial charge in [-0.2, -0.15) is 0 Å². The lowest BCUT2D eigenvalue weighted by molar-refractivity contribution is -0.384. The lowest BCUT2D eigenvalue weighted by atomic mass is 9.93. The molecule has 7 nitrogen and oxygen atoms in total. The Kier molecular flexibility index (Phi) is 5.65. The molecule has 0 saturated heterocycles. The molecule has 0 fully saturated rings. The summed E-state index contributed by atoms with van der Waals surface area (Å²) in [5.41, 5.74) is 3.70. The van der Waals surface area contributed by atoms with Crippen LogP contribution in [0.3, 0.4) is 0 Å². The minimum absolute atomic E-state index is 0.0366. The van der Waals surface area contributed by atoms with Crippen LogP contribution in [-0.2, 0) is 4.79 Å². The van der Waals surface area contributed by atoms with E-state index in [4.69, 9.17) is 12.2 Å². The molecule has 0 aromatic heterocycles. The first-order chi connectivity index (χ1) is 13.7. The van der Waals surface area contributed by atoms with Gasteiger partial charge in [-0.1, -0.05) is 29.8 Å². The minimum Gasteiger partial charge on any atom is -0.351 e. The number of aryl methyl sites for hydroxylation is 1. The van der Waals surface area contributed by atoms with Crippen molar-refractivity contribution in [1.82, 2.24) is 10.2 Å². The maximum atomic E-state index is 13.1. The van der Waals surface area contributed by atoms with Crippen molar-refractivity contribution in [2.75, 3.05) is 19.0 Å². The second-order valence-corrected chi connectivity index (χ2v) is 7.49. The summed E-state index contributed by atoms with van der Waals surface area (Å²) in [6, 6.07) is 13.5. The van der Waals surface area contributed by atoms with Crippen molar-refractivity contribution in [3.8, 4) is 0 Å². The van der Waals surface area contributed by atoms with Gasteiger partial charge < -0.3 is 10.2 Å². The first-order valence-corrected chi connectivity index (χ1v) is 9.45. The van der Waals surface area contributed by atoms with Crippen LogP contribution in [0.2, 0.25) is 0 Å². The van der Waals surface area contributed by atoms with Crippen LogP contribution in [0.25, 0.3) is 0 Å². The molecule has 0 unspecified atom stereocenters. The van der Waals surface area contributed by atoms with E-state index in [1.54, 1.807) is 26.2 Å². The summed E-state index contributed by atoms with van der Waals surface area (Å²) in [5.74, 6) is -0.189. The highest BCUT2D eigenvalue weighted by Crippen LogP contribution is 2.35. The van der Waals surface area contributed by atoms with Gasteiger partial charge in [0.25, 0.3) is 11.6 Å². The Bertz CT molecular complexity index is 1010. The van der Waals surface area contributed by atoms with Crippen molar-refractivity contribution in [3.05, 3.63) is 81.0 Å². The molecule has 0 bridgehead atoms. The van der Waals surface area contributed by atoms with E-state index in [1.165, 1.54) is 17.0 Å². The predicted octanol–water partition coefficient (Wildman–Crippen LogP) is 3.70. The van der Waals surface area contributed by atoms with Gasteiger partial charge in [-0.25, -0.2) is 0 Å². The third kappa shape index (κ3) is 3.97. The summed E-state index contributed by atoms with van der Waals surface area (Å²) in [6.45, 7) is 3.84. The quantitative estimate of drug-likeness (QED) is 0.470. The second-order valence-electron chi connectivity index (χ2n) is 7.10. The maximum absolute atomic E-state index is 13.1. The Hall–Kier alpha value is -3.26. The zero-order valence-electron chi connectivity index (χ0n) is 16.7. The maximum Gasteiger partial charge on any atom is 0.269 e. The zero-order valence-corrected chi connectivity index (χ0v) is 17.5. The number of hydrogen-bond donors (Lipinski definition) is 1. The molecule has 2 aromatic carbocycles. The number of anilines is 1. The number of non-ortho nitro benzene ring substituents is 1. The monoisotopic (exact) mass is 410 g/mol. The van der Waals surface area contributed by atoms with Crippen LogP contribution in [0.4, 0.5) is 11.4 Å². The Labute approximate surface area is 174 Å². The molecule has 150 valence electrons. The number of allylic oxidation sites excluding steroid dienone is 1. The summed E-state index contributed by atoms with van der Waals surface area (Å²) < 4.78 is 0. The van der Waals surface area contributed by atoms with Crippen LogP contribution in [0, 0.1) is 17.0 Å². The number of nitrogens with zero attached hydrogens (tertiary/aromatic N) is 3. The molecule has 1 atom stereocenters. The third-order valence-corrected chi connectivity index (χ3v) is 5.13. The molecule has 29 heavy (non-hydrogen) atoms. The normalized spacial score (nSPS) is 16.5. The number of rotatable bonds is 4. The van der Waals surface area contributed by atoms with Crippen LogP contribution < -0.4 is 10.2 Å². The van der Waals surface area contributed by atoms with E-state index in [-0.39, 0.29) is 11.6 Å². The van der Waals surface area contributed by atoms with Crippen LogP contribution >= 0.6 is 12.2 Å². The molecule has 0 saturated carbocycles. The number of nitro benzene ring substituents is 1. The molecule has 1 aliphatic rings. The predicted molar refractivity (Wildman–Crippen MR) is 117 cm³/mol. The number of nitro groups is 1. The highest BCUT2D eigenvalue weighted by atomic mass is 32.1.